The van der Waals surface area contributed by atoms with E-state index in [-0.39, 0.29) is 12.4 Å². The highest BCUT2D eigenvalue weighted by Crippen LogP contribution is 2.12. The molecule has 0 radical (unpaired) electrons. The summed E-state index contributed by atoms with van der Waals surface area (Å²) in [5.41, 5.74) is 2.53. The van der Waals surface area contributed by atoms with Gasteiger partial charge in [-0.25, -0.2) is 0 Å². The van der Waals surface area contributed by atoms with Gasteiger partial charge in [0, 0.05) is 17.4 Å². The molecule has 3 heteroatoms. The summed E-state index contributed by atoms with van der Waals surface area (Å²) in [6, 6.07) is 12.0. The monoisotopic (exact) mass is 239 g/mol. The molecule has 0 amide bonds. The van der Waals surface area contributed by atoms with Crippen molar-refractivity contribution < 1.29 is 0 Å². The van der Waals surface area contributed by atoms with E-state index in [1.807, 2.05) is 48.8 Å². The minimum atomic E-state index is 0. The van der Waals surface area contributed by atoms with Crippen molar-refractivity contribution in [1.29, 1.82) is 0 Å². The third-order valence-electron chi connectivity index (χ3n) is 2.07. The lowest BCUT2D eigenvalue weighted by Crippen LogP contribution is -1.87. The third kappa shape index (κ3) is 3.54. The molecule has 1 heterocycles. The second-order valence-corrected chi connectivity index (χ2v) is 3.60. The normalized spacial score (nSPS) is 9.40. The summed E-state index contributed by atoms with van der Waals surface area (Å²) in [7, 11) is 0. The maximum absolute atomic E-state index is 5.80. The molecule has 0 fully saturated rings. The van der Waals surface area contributed by atoms with Crippen LogP contribution in [0.3, 0.4) is 0 Å². The van der Waals surface area contributed by atoms with Crippen molar-refractivity contribution in [2.45, 2.75) is 6.42 Å². The van der Waals surface area contributed by atoms with Crippen molar-refractivity contribution >= 4 is 24.0 Å². The molecule has 0 saturated carbocycles. The topological polar surface area (TPSA) is 12.9 Å². The van der Waals surface area contributed by atoms with Gasteiger partial charge in [0.15, 0.2) is 0 Å². The van der Waals surface area contributed by atoms with E-state index in [1.54, 1.807) is 0 Å². The molecule has 0 N–H and O–H groups in total. The first-order valence-corrected chi connectivity index (χ1v) is 4.86. The molecule has 0 saturated heterocycles. The molecular formula is C12H11Cl2N. The Labute approximate surface area is 101 Å². The fraction of sp³-hybridized carbons (Fsp3) is 0.0833. The van der Waals surface area contributed by atoms with Crippen LogP contribution in [0, 0.1) is 0 Å². The van der Waals surface area contributed by atoms with Crippen LogP contribution in [0.5, 0.6) is 0 Å². The van der Waals surface area contributed by atoms with Gasteiger partial charge in [-0.05, 0) is 41.8 Å². The summed E-state index contributed by atoms with van der Waals surface area (Å²) >= 11 is 5.80. The van der Waals surface area contributed by atoms with E-state index in [1.165, 1.54) is 11.1 Å². The SMILES string of the molecule is Cl.Clc1ccc(Cc2ccncc2)cc1. The van der Waals surface area contributed by atoms with Crippen molar-refractivity contribution in [2.75, 3.05) is 0 Å². The summed E-state index contributed by atoms with van der Waals surface area (Å²) in [5, 5.41) is 0.781. The molecule has 1 aromatic heterocycles. The first-order valence-electron chi connectivity index (χ1n) is 4.48. The summed E-state index contributed by atoms with van der Waals surface area (Å²) in [5.74, 6) is 0. The van der Waals surface area contributed by atoms with Gasteiger partial charge in [0.25, 0.3) is 0 Å². The van der Waals surface area contributed by atoms with Crippen LogP contribution in [0.2, 0.25) is 5.02 Å². The number of rotatable bonds is 2. The van der Waals surface area contributed by atoms with Gasteiger partial charge >= 0.3 is 0 Å². The Kier molecular flexibility index (Phi) is 4.60. The first kappa shape index (κ1) is 12.0. The van der Waals surface area contributed by atoms with E-state index < -0.39 is 0 Å². The van der Waals surface area contributed by atoms with Gasteiger partial charge in [-0.15, -0.1) is 12.4 Å². The van der Waals surface area contributed by atoms with Crippen LogP contribution < -0.4 is 0 Å². The van der Waals surface area contributed by atoms with Gasteiger partial charge in [0.1, 0.15) is 0 Å². The Morgan fingerprint density at radius 2 is 1.40 bits per heavy atom. The van der Waals surface area contributed by atoms with Crippen LogP contribution in [-0.4, -0.2) is 4.98 Å². The average molecular weight is 240 g/mol. The zero-order valence-electron chi connectivity index (χ0n) is 8.06. The van der Waals surface area contributed by atoms with E-state index >= 15 is 0 Å². The van der Waals surface area contributed by atoms with Gasteiger partial charge in [-0.3, -0.25) is 4.98 Å². The molecule has 0 aliphatic rings. The minimum absolute atomic E-state index is 0. The van der Waals surface area contributed by atoms with Crippen molar-refractivity contribution in [3.63, 3.8) is 0 Å². The molecule has 1 nitrogen and oxygen atoms in total. The molecule has 2 aromatic rings. The predicted octanol–water partition coefficient (Wildman–Crippen LogP) is 3.75. The molecule has 0 aliphatic carbocycles. The predicted molar refractivity (Wildman–Crippen MR) is 65.7 cm³/mol. The third-order valence-corrected chi connectivity index (χ3v) is 2.32. The van der Waals surface area contributed by atoms with Gasteiger partial charge < -0.3 is 0 Å². The molecule has 78 valence electrons. The Bertz CT molecular complexity index is 398. The first-order chi connectivity index (χ1) is 6.84. The van der Waals surface area contributed by atoms with E-state index in [0.29, 0.717) is 0 Å². The van der Waals surface area contributed by atoms with Crippen LogP contribution in [0.1, 0.15) is 11.1 Å². The van der Waals surface area contributed by atoms with Gasteiger partial charge in [0.05, 0.1) is 0 Å². The number of aromatic nitrogens is 1. The number of halogens is 2. The summed E-state index contributed by atoms with van der Waals surface area (Å²) in [6.07, 6.45) is 4.55. The van der Waals surface area contributed by atoms with Gasteiger partial charge in [0.2, 0.25) is 0 Å². The summed E-state index contributed by atoms with van der Waals surface area (Å²) in [4.78, 5) is 3.98. The highest BCUT2D eigenvalue weighted by atomic mass is 35.5. The van der Waals surface area contributed by atoms with Crippen LogP contribution in [0.4, 0.5) is 0 Å². The zero-order chi connectivity index (χ0) is 9.80. The van der Waals surface area contributed by atoms with Crippen LogP contribution in [-0.2, 0) is 6.42 Å². The molecule has 1 aromatic carbocycles. The van der Waals surface area contributed by atoms with Crippen LogP contribution in [0.25, 0.3) is 0 Å². The van der Waals surface area contributed by atoms with Crippen LogP contribution in [0.15, 0.2) is 48.8 Å². The van der Waals surface area contributed by atoms with E-state index in [0.717, 1.165) is 11.4 Å². The molecule has 2 rings (SSSR count). The van der Waals surface area contributed by atoms with Crippen molar-refractivity contribution in [3.05, 3.63) is 64.9 Å². The molecule has 0 bridgehead atoms. The fourth-order valence-electron chi connectivity index (χ4n) is 1.34. The van der Waals surface area contributed by atoms with E-state index in [4.69, 9.17) is 11.6 Å². The Balaban J connectivity index is 0.00000112. The molecule has 0 aliphatic heterocycles. The lowest BCUT2D eigenvalue weighted by atomic mass is 10.1. The maximum Gasteiger partial charge on any atom is 0.0406 e. The maximum atomic E-state index is 5.80. The van der Waals surface area contributed by atoms with Crippen molar-refractivity contribution in [2.24, 2.45) is 0 Å². The lowest BCUT2D eigenvalue weighted by Gasteiger charge is -2.00. The van der Waals surface area contributed by atoms with Crippen molar-refractivity contribution in [1.82, 2.24) is 4.98 Å². The van der Waals surface area contributed by atoms with E-state index in [9.17, 15) is 0 Å². The summed E-state index contributed by atoms with van der Waals surface area (Å²) in [6.45, 7) is 0. The Hall–Kier alpha value is -1.05. The highest BCUT2D eigenvalue weighted by molar-refractivity contribution is 6.30. The summed E-state index contributed by atoms with van der Waals surface area (Å²) < 4.78 is 0. The molecular weight excluding hydrogens is 229 g/mol. The van der Waals surface area contributed by atoms with Crippen LogP contribution >= 0.6 is 24.0 Å². The smallest absolute Gasteiger partial charge is 0.0406 e. The number of pyridine rings is 1. The van der Waals surface area contributed by atoms with Gasteiger partial charge in [-0.2, -0.15) is 0 Å². The average Bonchev–Trinajstić information content (AvgIpc) is 2.23. The number of nitrogens with zero attached hydrogens (tertiary/aromatic N) is 1. The second kappa shape index (κ2) is 5.74. The van der Waals surface area contributed by atoms with E-state index in [2.05, 4.69) is 4.98 Å². The molecule has 15 heavy (non-hydrogen) atoms. The number of hydrogen-bond donors (Lipinski definition) is 0. The zero-order valence-corrected chi connectivity index (χ0v) is 9.63. The second-order valence-electron chi connectivity index (χ2n) is 3.16. The molecule has 0 spiro atoms. The lowest BCUT2D eigenvalue weighted by molar-refractivity contribution is 1.16. The highest BCUT2D eigenvalue weighted by Gasteiger charge is 1.95. The molecule has 0 unspecified atom stereocenters. The largest absolute Gasteiger partial charge is 0.265 e. The van der Waals surface area contributed by atoms with Gasteiger partial charge in [-0.1, -0.05) is 23.7 Å². The Morgan fingerprint density at radius 3 is 2.00 bits per heavy atom. The standard InChI is InChI=1S/C12H10ClN.ClH/c13-12-3-1-10(2-4-12)9-11-5-7-14-8-6-11;/h1-8H,9H2;1H. The number of hydrogen-bond acceptors (Lipinski definition) is 1. The fourth-order valence-corrected chi connectivity index (χ4v) is 1.46. The van der Waals surface area contributed by atoms with Crippen molar-refractivity contribution in [3.8, 4) is 0 Å². The Morgan fingerprint density at radius 1 is 0.867 bits per heavy atom. The molecule has 0 atom stereocenters. The quantitative estimate of drug-likeness (QED) is 0.779. The minimum Gasteiger partial charge on any atom is -0.265 e. The number of benzene rings is 1.